The Morgan fingerprint density at radius 3 is 2.78 bits per heavy atom. The highest BCUT2D eigenvalue weighted by Crippen LogP contribution is 2.31. The molecule has 1 amide bonds. The van der Waals surface area contributed by atoms with E-state index in [0.29, 0.717) is 31.3 Å². The Labute approximate surface area is 185 Å². The fraction of sp³-hybridized carbons (Fsp3) is 0.417. The molecule has 0 aromatic heterocycles. The van der Waals surface area contributed by atoms with E-state index in [1.807, 2.05) is 12.2 Å². The zero-order valence-corrected chi connectivity index (χ0v) is 18.0. The van der Waals surface area contributed by atoms with Crippen LogP contribution in [0.4, 0.5) is 13.2 Å². The number of allylic oxidation sites excluding steroid dienone is 5. The summed E-state index contributed by atoms with van der Waals surface area (Å²) in [5, 5.41) is 12.7. The van der Waals surface area contributed by atoms with Gasteiger partial charge in [-0.1, -0.05) is 30.4 Å². The Balaban J connectivity index is 1.87. The van der Waals surface area contributed by atoms with Crippen LogP contribution in [0.1, 0.15) is 44.1 Å². The summed E-state index contributed by atoms with van der Waals surface area (Å²) < 4.78 is 43.5. The molecule has 0 fully saturated rings. The van der Waals surface area contributed by atoms with Gasteiger partial charge in [0.1, 0.15) is 18.5 Å². The third-order valence-electron chi connectivity index (χ3n) is 4.99. The second-order valence-corrected chi connectivity index (χ2v) is 7.43. The molecule has 32 heavy (non-hydrogen) atoms. The summed E-state index contributed by atoms with van der Waals surface area (Å²) in [7, 11) is 1.60. The number of benzene rings is 1. The number of ether oxygens (including phenoxy) is 1. The van der Waals surface area contributed by atoms with Crippen LogP contribution in [0.5, 0.6) is 5.75 Å². The highest BCUT2D eigenvalue weighted by molar-refractivity contribution is 5.99. The van der Waals surface area contributed by atoms with E-state index in [0.717, 1.165) is 30.5 Å². The van der Waals surface area contributed by atoms with E-state index < -0.39 is 17.8 Å². The number of nitrogens with one attached hydrogen (secondary N) is 1. The molecular formula is C24H28F3NO4. The van der Waals surface area contributed by atoms with Gasteiger partial charge >= 0.3 is 6.18 Å². The van der Waals surface area contributed by atoms with Gasteiger partial charge in [0.05, 0.1) is 5.56 Å². The molecular weight excluding hydrogens is 423 g/mol. The number of hydrogen-bond donors (Lipinski definition) is 2. The number of aliphatic hydroxyl groups excluding tert-OH is 1. The summed E-state index contributed by atoms with van der Waals surface area (Å²) in [6.07, 6.45) is 4.92. The highest BCUT2D eigenvalue weighted by atomic mass is 19.4. The number of carbonyl (C=O) groups is 2. The minimum absolute atomic E-state index is 0.00454. The predicted molar refractivity (Wildman–Crippen MR) is 115 cm³/mol. The second kappa shape index (κ2) is 12.2. The summed E-state index contributed by atoms with van der Waals surface area (Å²) in [6, 6.07) is 4.47. The number of aliphatic hydroxyl groups is 1. The first-order chi connectivity index (χ1) is 15.2. The molecule has 174 valence electrons. The van der Waals surface area contributed by atoms with Crippen LogP contribution in [0.25, 0.3) is 0 Å². The molecule has 0 bridgehead atoms. The molecule has 8 heteroatoms. The molecule has 0 saturated heterocycles. The Morgan fingerprint density at radius 2 is 2.06 bits per heavy atom. The molecule has 0 spiro atoms. The molecule has 1 aliphatic rings. The Kier molecular flexibility index (Phi) is 9.71. The lowest BCUT2D eigenvalue weighted by atomic mass is 10.1. The van der Waals surface area contributed by atoms with Crippen molar-refractivity contribution in [2.45, 2.75) is 50.8 Å². The van der Waals surface area contributed by atoms with Crippen LogP contribution in [0.2, 0.25) is 0 Å². The van der Waals surface area contributed by atoms with Gasteiger partial charge in [0.15, 0.2) is 5.78 Å². The first-order valence-electron chi connectivity index (χ1n) is 10.5. The van der Waals surface area contributed by atoms with Crippen molar-refractivity contribution < 1.29 is 32.6 Å². The maximum atomic E-state index is 12.8. The summed E-state index contributed by atoms with van der Waals surface area (Å²) in [5.74, 6) is 0.0780. The van der Waals surface area contributed by atoms with Crippen LogP contribution >= 0.6 is 0 Å². The molecule has 0 heterocycles. The van der Waals surface area contributed by atoms with Gasteiger partial charge in [-0.05, 0) is 49.5 Å². The lowest BCUT2D eigenvalue weighted by molar-refractivity contribution is -0.137. The van der Waals surface area contributed by atoms with Crippen LogP contribution in [-0.2, 0) is 15.8 Å². The Morgan fingerprint density at radius 1 is 1.28 bits per heavy atom. The van der Waals surface area contributed by atoms with E-state index >= 15 is 0 Å². The van der Waals surface area contributed by atoms with Gasteiger partial charge in [-0.15, -0.1) is 0 Å². The Bertz CT molecular complexity index is 887. The van der Waals surface area contributed by atoms with E-state index in [1.54, 1.807) is 13.1 Å². The second-order valence-electron chi connectivity index (χ2n) is 7.43. The van der Waals surface area contributed by atoms with Crippen LogP contribution in [0.3, 0.4) is 0 Å². The quantitative estimate of drug-likeness (QED) is 0.383. The minimum atomic E-state index is -4.46. The lowest BCUT2D eigenvalue weighted by Gasteiger charge is -2.12. The molecule has 0 saturated carbocycles. The minimum Gasteiger partial charge on any atom is -0.491 e. The first-order valence-corrected chi connectivity index (χ1v) is 10.5. The Hall–Kier alpha value is -2.87. The zero-order chi connectivity index (χ0) is 23.6. The zero-order valence-electron chi connectivity index (χ0n) is 18.0. The van der Waals surface area contributed by atoms with Crippen LogP contribution in [0.15, 0.2) is 59.7 Å². The maximum absolute atomic E-state index is 12.8. The number of ketones is 1. The van der Waals surface area contributed by atoms with E-state index in [9.17, 15) is 27.9 Å². The smallest absolute Gasteiger partial charge is 0.416 e. The molecule has 2 rings (SSSR count). The van der Waals surface area contributed by atoms with Crippen molar-refractivity contribution in [1.82, 2.24) is 5.32 Å². The van der Waals surface area contributed by atoms with Crippen LogP contribution < -0.4 is 10.1 Å². The largest absolute Gasteiger partial charge is 0.491 e. The van der Waals surface area contributed by atoms with Crippen molar-refractivity contribution in [3.05, 3.63) is 65.3 Å². The number of alkyl halides is 3. The van der Waals surface area contributed by atoms with E-state index in [-0.39, 0.29) is 24.0 Å². The summed E-state index contributed by atoms with van der Waals surface area (Å²) in [5.41, 5.74) is 0.707. The van der Waals surface area contributed by atoms with Crippen molar-refractivity contribution in [2.75, 3.05) is 13.7 Å². The number of Topliss-reactive ketones (excluding diaryl/α,β-unsaturated/α-hetero) is 1. The predicted octanol–water partition coefficient (Wildman–Crippen LogP) is 4.52. The third kappa shape index (κ3) is 8.34. The number of halogens is 3. The average molecular weight is 451 g/mol. The van der Waals surface area contributed by atoms with Crippen molar-refractivity contribution in [3.8, 4) is 5.75 Å². The lowest BCUT2D eigenvalue weighted by Crippen LogP contribution is -2.16. The topological polar surface area (TPSA) is 75.6 Å². The maximum Gasteiger partial charge on any atom is 0.416 e. The normalized spacial score (nSPS) is 15.7. The van der Waals surface area contributed by atoms with E-state index in [4.69, 9.17) is 4.74 Å². The van der Waals surface area contributed by atoms with Crippen molar-refractivity contribution in [3.63, 3.8) is 0 Å². The van der Waals surface area contributed by atoms with Gasteiger partial charge in [0.25, 0.3) is 0 Å². The number of unbranched alkanes of at least 4 members (excludes halogenated alkanes) is 1. The van der Waals surface area contributed by atoms with Gasteiger partial charge in [-0.3, -0.25) is 9.59 Å². The van der Waals surface area contributed by atoms with Gasteiger partial charge in [0.2, 0.25) is 5.91 Å². The third-order valence-corrected chi connectivity index (χ3v) is 4.99. The molecule has 1 unspecified atom stereocenters. The summed E-state index contributed by atoms with van der Waals surface area (Å²) >= 11 is 0. The molecule has 0 radical (unpaired) electrons. The molecule has 1 aliphatic carbocycles. The van der Waals surface area contributed by atoms with Crippen molar-refractivity contribution >= 4 is 11.7 Å². The molecule has 1 aromatic rings. The number of hydrogen-bond acceptors (Lipinski definition) is 4. The first kappa shape index (κ1) is 25.4. The summed E-state index contributed by atoms with van der Waals surface area (Å²) in [4.78, 5) is 23.3. The van der Waals surface area contributed by atoms with Gasteiger partial charge in [0, 0.05) is 25.5 Å². The number of carbonyl (C=O) groups excluding carboxylic acids is 2. The fourth-order valence-corrected chi connectivity index (χ4v) is 3.21. The molecule has 5 nitrogen and oxygen atoms in total. The molecule has 1 atom stereocenters. The average Bonchev–Trinajstić information content (AvgIpc) is 3.11. The number of amides is 1. The molecule has 0 aliphatic heterocycles. The van der Waals surface area contributed by atoms with Gasteiger partial charge in [-0.2, -0.15) is 13.2 Å². The number of rotatable bonds is 11. The van der Waals surface area contributed by atoms with Gasteiger partial charge in [-0.25, -0.2) is 0 Å². The summed E-state index contributed by atoms with van der Waals surface area (Å²) in [6.45, 7) is -0.209. The monoisotopic (exact) mass is 451 g/mol. The molecule has 1 aromatic carbocycles. The van der Waals surface area contributed by atoms with Crippen LogP contribution in [0, 0.1) is 0 Å². The van der Waals surface area contributed by atoms with Gasteiger partial charge < -0.3 is 15.2 Å². The van der Waals surface area contributed by atoms with Crippen molar-refractivity contribution in [2.24, 2.45) is 0 Å². The standard InChI is InChI=1S/C24H28F3NO4/c1-28-23(31)10-5-3-2-4-9-21-17(12-14-22(21)30)11-13-19(29)16-32-20-8-6-7-18(15-20)24(25,26)27/h2,4,6-8,11,13,15,19,29H,3,5,9-10,12,14,16H2,1H3,(H,28,31). The van der Waals surface area contributed by atoms with Crippen LogP contribution in [-0.4, -0.2) is 36.6 Å². The van der Waals surface area contributed by atoms with Crippen molar-refractivity contribution in [1.29, 1.82) is 0 Å². The highest BCUT2D eigenvalue weighted by Gasteiger charge is 2.30. The fourth-order valence-electron chi connectivity index (χ4n) is 3.21. The molecule has 2 N–H and O–H groups in total. The SMILES string of the molecule is CNC(=O)CCCC=CCC1=C(C=CC(O)COc2cccc(C(F)(F)F)c2)CCC1=O. The van der Waals surface area contributed by atoms with E-state index in [1.165, 1.54) is 18.2 Å². The van der Waals surface area contributed by atoms with E-state index in [2.05, 4.69) is 5.32 Å².